The van der Waals surface area contributed by atoms with E-state index in [0.29, 0.717) is 37.4 Å². The second kappa shape index (κ2) is 11.5. The number of nitro benzene ring substituents is 1. The number of halogens is 1. The predicted octanol–water partition coefficient (Wildman–Crippen LogP) is 6.73. The van der Waals surface area contributed by atoms with Crippen molar-refractivity contribution in [3.63, 3.8) is 0 Å². The normalized spacial score (nSPS) is 12.9. The lowest BCUT2D eigenvalue weighted by molar-refractivity contribution is -0.387. The number of amides is 1. The van der Waals surface area contributed by atoms with Crippen molar-refractivity contribution >= 4 is 63.2 Å². The maximum atomic E-state index is 13.3. The van der Waals surface area contributed by atoms with Gasteiger partial charge in [0.05, 0.1) is 15.4 Å². The summed E-state index contributed by atoms with van der Waals surface area (Å²) in [5.74, 6) is -0.249. The number of aryl methyl sites for hydroxylation is 2. The van der Waals surface area contributed by atoms with Gasteiger partial charge >= 0.3 is 0 Å². The topological polar surface area (TPSA) is 130 Å². The van der Waals surface area contributed by atoms with Gasteiger partial charge in [0.15, 0.2) is 5.16 Å². The summed E-state index contributed by atoms with van der Waals surface area (Å²) in [5, 5.41) is 16.2. The summed E-state index contributed by atoms with van der Waals surface area (Å²) in [6.07, 6.45) is 5.28. The molecule has 12 heteroatoms. The number of hydrogen-bond acceptors (Lipinski definition) is 8. The number of fused-ring (bicyclic) bond motifs is 1. The van der Waals surface area contributed by atoms with Gasteiger partial charge in [-0.05, 0) is 85.8 Å². The summed E-state index contributed by atoms with van der Waals surface area (Å²) in [6.45, 7) is 1.68. The predicted molar refractivity (Wildman–Crippen MR) is 154 cm³/mol. The number of anilines is 1. The van der Waals surface area contributed by atoms with Crippen LogP contribution in [0.25, 0.3) is 0 Å². The van der Waals surface area contributed by atoms with E-state index in [1.54, 1.807) is 43.3 Å². The molecule has 4 aromatic rings. The van der Waals surface area contributed by atoms with Gasteiger partial charge in [-0.15, -0.1) is 11.3 Å². The number of H-pyrrole nitrogens is 1. The van der Waals surface area contributed by atoms with Crippen molar-refractivity contribution in [3.8, 4) is 0 Å². The summed E-state index contributed by atoms with van der Waals surface area (Å²) >= 11 is 8.46. The highest BCUT2D eigenvalue weighted by atomic mass is 35.5. The fourth-order valence-corrected chi connectivity index (χ4v) is 6.56. The number of hydrogen-bond donors (Lipinski definition) is 2. The lowest BCUT2D eigenvalue weighted by Crippen LogP contribution is -2.14. The van der Waals surface area contributed by atoms with E-state index in [2.05, 4.69) is 20.3 Å². The standard InChI is InChI=1S/C27H22ClN5O4S2/c1-15-12-23(34)32-27(30-15)39-22-11-6-16(13-20(22)33(36)37)14-29-26-24(19-4-2-3-5-21(19)38-26)25(35)31-18-9-7-17(28)8-10-18/h6-14H,2-5H2,1H3,(H,31,35)(H,30,32,34). The van der Waals surface area contributed by atoms with Crippen molar-refractivity contribution in [2.24, 2.45) is 4.99 Å². The van der Waals surface area contributed by atoms with Crippen LogP contribution in [0.5, 0.6) is 0 Å². The number of thiophene rings is 1. The van der Waals surface area contributed by atoms with E-state index >= 15 is 0 Å². The number of carbonyl (C=O) groups is 1. The molecule has 2 heterocycles. The van der Waals surface area contributed by atoms with E-state index in [1.165, 1.54) is 29.7 Å². The third-order valence-corrected chi connectivity index (χ3v) is 8.45. The van der Waals surface area contributed by atoms with Crippen LogP contribution in [0, 0.1) is 17.0 Å². The van der Waals surface area contributed by atoms with Gasteiger partial charge in [-0.25, -0.2) is 9.98 Å². The summed E-state index contributed by atoms with van der Waals surface area (Å²) in [4.78, 5) is 49.4. The molecule has 0 saturated carbocycles. The Morgan fingerprint density at radius 2 is 1.97 bits per heavy atom. The average molecular weight is 580 g/mol. The van der Waals surface area contributed by atoms with Gasteiger partial charge in [0, 0.05) is 39.6 Å². The van der Waals surface area contributed by atoms with Crippen molar-refractivity contribution in [1.29, 1.82) is 0 Å². The Hall–Kier alpha value is -3.80. The number of rotatable bonds is 7. The van der Waals surface area contributed by atoms with Crippen molar-refractivity contribution in [1.82, 2.24) is 9.97 Å². The molecule has 0 aliphatic heterocycles. The molecule has 1 aliphatic rings. The summed E-state index contributed by atoms with van der Waals surface area (Å²) in [7, 11) is 0. The molecule has 198 valence electrons. The molecule has 1 aliphatic carbocycles. The molecule has 1 amide bonds. The molecule has 0 saturated heterocycles. The highest BCUT2D eigenvalue weighted by Crippen LogP contribution is 2.40. The Morgan fingerprint density at radius 1 is 1.21 bits per heavy atom. The average Bonchev–Trinajstić information content (AvgIpc) is 3.27. The molecule has 0 radical (unpaired) electrons. The number of carbonyl (C=O) groups excluding carboxylic acids is 1. The Morgan fingerprint density at radius 3 is 2.72 bits per heavy atom. The lowest BCUT2D eigenvalue weighted by atomic mass is 9.95. The zero-order valence-corrected chi connectivity index (χ0v) is 23.1. The highest BCUT2D eigenvalue weighted by Gasteiger charge is 2.25. The minimum atomic E-state index is -0.484. The zero-order valence-electron chi connectivity index (χ0n) is 20.7. The molecule has 9 nitrogen and oxygen atoms in total. The van der Waals surface area contributed by atoms with Crippen molar-refractivity contribution in [2.75, 3.05) is 5.32 Å². The van der Waals surface area contributed by atoms with Crippen molar-refractivity contribution in [2.45, 2.75) is 42.7 Å². The highest BCUT2D eigenvalue weighted by molar-refractivity contribution is 7.99. The minimum absolute atomic E-state index is 0.140. The van der Waals surface area contributed by atoms with Crippen LogP contribution in [-0.4, -0.2) is 27.0 Å². The van der Waals surface area contributed by atoms with Gasteiger partial charge in [0.2, 0.25) is 0 Å². The number of aromatic amines is 1. The second-order valence-corrected chi connectivity index (χ2v) is 11.4. The van der Waals surface area contributed by atoms with E-state index in [1.807, 2.05) is 0 Å². The van der Waals surface area contributed by atoms with Gasteiger partial charge in [0.1, 0.15) is 5.00 Å². The maximum Gasteiger partial charge on any atom is 0.283 e. The lowest BCUT2D eigenvalue weighted by Gasteiger charge is -2.12. The SMILES string of the molecule is Cc1cc(=O)[nH]c(Sc2ccc(C=Nc3sc4c(c3C(=O)Nc3ccc(Cl)cc3)CCCC4)cc2[N+](=O)[O-])n1. The fraction of sp³-hybridized carbons (Fsp3) is 0.185. The van der Waals surface area contributed by atoms with Crippen LogP contribution in [0.15, 0.2) is 68.4 Å². The Bertz CT molecular complexity index is 1660. The third kappa shape index (κ3) is 6.27. The van der Waals surface area contributed by atoms with Crippen LogP contribution >= 0.6 is 34.7 Å². The van der Waals surface area contributed by atoms with Crippen LogP contribution in [-0.2, 0) is 12.8 Å². The molecular weight excluding hydrogens is 558 g/mol. The van der Waals surface area contributed by atoms with E-state index < -0.39 is 4.92 Å². The largest absolute Gasteiger partial charge is 0.322 e. The number of benzene rings is 2. The van der Waals surface area contributed by atoms with Crippen molar-refractivity contribution < 1.29 is 9.72 Å². The molecule has 0 unspecified atom stereocenters. The molecule has 2 aromatic heterocycles. The Kier molecular flexibility index (Phi) is 7.92. The molecular formula is C27H22ClN5O4S2. The fourth-order valence-electron chi connectivity index (χ4n) is 4.28. The first kappa shape index (κ1) is 26.8. The summed E-state index contributed by atoms with van der Waals surface area (Å²) in [5.41, 5.74) is 2.74. The number of aliphatic imine (C=N–C) groups is 1. The smallest absolute Gasteiger partial charge is 0.283 e. The van der Waals surface area contributed by atoms with Gasteiger partial charge in [-0.3, -0.25) is 19.7 Å². The quantitative estimate of drug-likeness (QED) is 0.108. The van der Waals surface area contributed by atoms with Gasteiger partial charge in [0.25, 0.3) is 17.2 Å². The summed E-state index contributed by atoms with van der Waals surface area (Å²) < 4.78 is 0. The first-order chi connectivity index (χ1) is 18.8. The van der Waals surface area contributed by atoms with E-state index in [0.717, 1.165) is 47.9 Å². The monoisotopic (exact) mass is 579 g/mol. The molecule has 2 N–H and O–H groups in total. The van der Waals surface area contributed by atoms with Crippen LogP contribution < -0.4 is 10.9 Å². The van der Waals surface area contributed by atoms with Gasteiger partial charge in [-0.1, -0.05) is 17.7 Å². The maximum absolute atomic E-state index is 13.3. The van der Waals surface area contributed by atoms with Gasteiger partial charge in [-0.2, -0.15) is 0 Å². The van der Waals surface area contributed by atoms with E-state index in [4.69, 9.17) is 11.6 Å². The van der Waals surface area contributed by atoms with E-state index in [-0.39, 0.29) is 22.3 Å². The van der Waals surface area contributed by atoms with Gasteiger partial charge < -0.3 is 10.3 Å². The molecule has 0 atom stereocenters. The van der Waals surface area contributed by atoms with Crippen LogP contribution in [0.4, 0.5) is 16.4 Å². The molecule has 0 spiro atoms. The summed E-state index contributed by atoms with van der Waals surface area (Å²) in [6, 6.07) is 13.0. The number of nitro groups is 1. The molecule has 39 heavy (non-hydrogen) atoms. The van der Waals surface area contributed by atoms with Crippen molar-refractivity contribution in [3.05, 3.63) is 101 Å². The third-order valence-electron chi connectivity index (χ3n) is 6.05. The molecule has 0 fully saturated rings. The van der Waals surface area contributed by atoms with E-state index in [9.17, 15) is 19.7 Å². The number of nitrogens with zero attached hydrogens (tertiary/aromatic N) is 3. The number of aromatic nitrogens is 2. The molecule has 5 rings (SSSR count). The first-order valence-electron chi connectivity index (χ1n) is 12.1. The van der Waals surface area contributed by atoms with Crippen LogP contribution in [0.2, 0.25) is 5.02 Å². The molecule has 0 bridgehead atoms. The van der Waals surface area contributed by atoms with Crippen LogP contribution in [0.1, 0.15) is 44.9 Å². The first-order valence-corrected chi connectivity index (χ1v) is 14.1. The minimum Gasteiger partial charge on any atom is -0.322 e. The van der Waals surface area contributed by atoms with Crippen LogP contribution in [0.3, 0.4) is 0 Å². The molecule has 2 aromatic carbocycles. The Labute approximate surface area is 236 Å². The Balaban J connectivity index is 1.45. The zero-order chi connectivity index (χ0) is 27.5. The second-order valence-electron chi connectivity index (χ2n) is 8.89. The number of nitrogens with one attached hydrogen (secondary N) is 2.